The minimum atomic E-state index is -0.183. The van der Waals surface area contributed by atoms with Gasteiger partial charge in [0.25, 0.3) is 0 Å². The number of thioether (sulfide) groups is 1. The largest absolute Gasteiger partial charge is 0.327 e. The summed E-state index contributed by atoms with van der Waals surface area (Å²) in [7, 11) is 0. The third-order valence-electron chi connectivity index (χ3n) is 4.04. The standard InChI is InChI=1S/C11H20N4O2S/c1-3-11(2)10-15(9(17)7-18-10)5-4-14(11)6-8(16)13-12/h10H,3-7,12H2,1-2H3,(H,13,16)/t10-,11+/m0/s1. The fourth-order valence-corrected chi connectivity index (χ4v) is 4.27. The van der Waals surface area contributed by atoms with Crippen molar-refractivity contribution in [3.05, 3.63) is 0 Å². The van der Waals surface area contributed by atoms with Crippen molar-refractivity contribution in [1.82, 2.24) is 15.2 Å². The van der Waals surface area contributed by atoms with Crippen LogP contribution in [0.3, 0.4) is 0 Å². The predicted octanol–water partition coefficient (Wildman–Crippen LogP) is -0.638. The van der Waals surface area contributed by atoms with Crippen LogP contribution in [0, 0.1) is 0 Å². The van der Waals surface area contributed by atoms with Crippen molar-refractivity contribution in [1.29, 1.82) is 0 Å². The Labute approximate surface area is 111 Å². The lowest BCUT2D eigenvalue weighted by Gasteiger charge is -2.51. The summed E-state index contributed by atoms with van der Waals surface area (Å²) in [5.41, 5.74) is 2.01. The Balaban J connectivity index is 2.18. The van der Waals surface area contributed by atoms with Crippen LogP contribution in [0.2, 0.25) is 0 Å². The number of amides is 2. The molecule has 0 aromatic rings. The Hall–Kier alpha value is -0.790. The molecule has 7 heteroatoms. The second kappa shape index (κ2) is 5.07. The molecule has 2 saturated heterocycles. The summed E-state index contributed by atoms with van der Waals surface area (Å²) in [6.07, 6.45) is 0.895. The average Bonchev–Trinajstić information content (AvgIpc) is 2.75. The summed E-state index contributed by atoms with van der Waals surface area (Å²) in [4.78, 5) is 27.3. The molecule has 0 unspecified atom stereocenters. The van der Waals surface area contributed by atoms with Crippen molar-refractivity contribution in [2.45, 2.75) is 31.2 Å². The first-order valence-electron chi connectivity index (χ1n) is 6.18. The number of carbonyl (C=O) groups excluding carboxylic acids is 2. The van der Waals surface area contributed by atoms with Crippen LogP contribution in [0.1, 0.15) is 20.3 Å². The molecule has 18 heavy (non-hydrogen) atoms. The van der Waals surface area contributed by atoms with Crippen molar-refractivity contribution in [3.63, 3.8) is 0 Å². The van der Waals surface area contributed by atoms with Crippen molar-refractivity contribution in [2.24, 2.45) is 5.84 Å². The number of hydrazine groups is 1. The van der Waals surface area contributed by atoms with Gasteiger partial charge < -0.3 is 4.90 Å². The van der Waals surface area contributed by atoms with E-state index in [9.17, 15) is 9.59 Å². The molecule has 2 heterocycles. The fraction of sp³-hybridized carbons (Fsp3) is 0.818. The molecule has 6 nitrogen and oxygen atoms in total. The number of nitrogens with two attached hydrogens (primary N) is 1. The van der Waals surface area contributed by atoms with Crippen molar-refractivity contribution >= 4 is 23.6 Å². The first-order valence-corrected chi connectivity index (χ1v) is 7.23. The lowest BCUT2D eigenvalue weighted by Crippen LogP contribution is -2.65. The van der Waals surface area contributed by atoms with Gasteiger partial charge in [-0.3, -0.25) is 19.9 Å². The van der Waals surface area contributed by atoms with Gasteiger partial charge in [-0.15, -0.1) is 11.8 Å². The Morgan fingerprint density at radius 2 is 2.33 bits per heavy atom. The molecule has 102 valence electrons. The van der Waals surface area contributed by atoms with Gasteiger partial charge in [0.05, 0.1) is 17.7 Å². The predicted molar refractivity (Wildman–Crippen MR) is 70.6 cm³/mol. The minimum Gasteiger partial charge on any atom is -0.327 e. The molecule has 0 bridgehead atoms. The fourth-order valence-electron chi connectivity index (χ4n) is 2.73. The maximum atomic E-state index is 11.8. The monoisotopic (exact) mass is 272 g/mol. The van der Waals surface area contributed by atoms with Gasteiger partial charge in [-0.25, -0.2) is 5.84 Å². The number of fused-ring (bicyclic) bond motifs is 1. The van der Waals surface area contributed by atoms with Gasteiger partial charge in [-0.2, -0.15) is 0 Å². The molecule has 0 aliphatic carbocycles. The van der Waals surface area contributed by atoms with Crippen LogP contribution in [0.15, 0.2) is 0 Å². The van der Waals surface area contributed by atoms with Crippen LogP contribution in [0.5, 0.6) is 0 Å². The maximum Gasteiger partial charge on any atom is 0.248 e. The van der Waals surface area contributed by atoms with Crippen LogP contribution in [0.25, 0.3) is 0 Å². The SMILES string of the molecule is CC[C@]1(C)[C@@H]2SCC(=O)N2CCN1CC(=O)NN. The third-order valence-corrected chi connectivity index (χ3v) is 5.54. The first kappa shape index (κ1) is 13.6. The molecule has 2 atom stereocenters. The summed E-state index contributed by atoms with van der Waals surface area (Å²) < 4.78 is 0. The van der Waals surface area contributed by atoms with Crippen LogP contribution in [-0.4, -0.2) is 57.9 Å². The van der Waals surface area contributed by atoms with Gasteiger partial charge in [-0.05, 0) is 13.3 Å². The topological polar surface area (TPSA) is 78.7 Å². The van der Waals surface area contributed by atoms with E-state index in [1.165, 1.54) is 0 Å². The lowest BCUT2D eigenvalue weighted by atomic mass is 9.92. The highest BCUT2D eigenvalue weighted by atomic mass is 32.2. The molecule has 0 radical (unpaired) electrons. The van der Waals surface area contributed by atoms with Crippen LogP contribution >= 0.6 is 11.8 Å². The van der Waals surface area contributed by atoms with Gasteiger partial charge >= 0.3 is 0 Å². The van der Waals surface area contributed by atoms with Crippen molar-refractivity contribution in [2.75, 3.05) is 25.4 Å². The highest BCUT2D eigenvalue weighted by Gasteiger charge is 2.50. The highest BCUT2D eigenvalue weighted by molar-refractivity contribution is 8.01. The summed E-state index contributed by atoms with van der Waals surface area (Å²) in [5, 5.41) is 0.148. The lowest BCUT2D eigenvalue weighted by molar-refractivity contribution is -0.135. The summed E-state index contributed by atoms with van der Waals surface area (Å²) in [6, 6.07) is 0. The summed E-state index contributed by atoms with van der Waals surface area (Å²) in [6.45, 7) is 5.93. The minimum absolute atomic E-state index is 0.148. The van der Waals surface area contributed by atoms with Gasteiger partial charge in [0.15, 0.2) is 0 Å². The molecule has 0 saturated carbocycles. The Morgan fingerprint density at radius 1 is 1.61 bits per heavy atom. The molecule has 3 N–H and O–H groups in total. The van der Waals surface area contributed by atoms with E-state index in [-0.39, 0.29) is 22.7 Å². The smallest absolute Gasteiger partial charge is 0.248 e. The van der Waals surface area contributed by atoms with E-state index >= 15 is 0 Å². The molecule has 2 aliphatic rings. The molecule has 2 amide bonds. The molecule has 0 aromatic heterocycles. The number of piperazine rings is 1. The number of hydrogen-bond donors (Lipinski definition) is 2. The Morgan fingerprint density at radius 3 is 2.94 bits per heavy atom. The first-order chi connectivity index (χ1) is 8.52. The summed E-state index contributed by atoms with van der Waals surface area (Å²) in [5.74, 6) is 5.74. The molecule has 0 spiro atoms. The van der Waals surface area contributed by atoms with Gasteiger partial charge in [0.1, 0.15) is 0 Å². The van der Waals surface area contributed by atoms with Gasteiger partial charge in [-0.1, -0.05) is 6.92 Å². The third kappa shape index (κ3) is 2.10. The number of carbonyl (C=O) groups is 2. The molecule has 2 rings (SSSR count). The van der Waals surface area contributed by atoms with Crippen LogP contribution in [-0.2, 0) is 9.59 Å². The molecular formula is C11H20N4O2S. The zero-order valence-corrected chi connectivity index (χ0v) is 11.6. The van der Waals surface area contributed by atoms with Gasteiger partial charge in [0, 0.05) is 18.6 Å². The van der Waals surface area contributed by atoms with Crippen LogP contribution in [0.4, 0.5) is 0 Å². The highest BCUT2D eigenvalue weighted by Crippen LogP contribution is 2.41. The zero-order valence-electron chi connectivity index (χ0n) is 10.8. The van der Waals surface area contributed by atoms with E-state index < -0.39 is 0 Å². The molecule has 2 aliphatic heterocycles. The Bertz CT molecular complexity index is 365. The number of hydrogen-bond acceptors (Lipinski definition) is 5. The quantitative estimate of drug-likeness (QED) is 0.406. The number of rotatable bonds is 3. The van der Waals surface area contributed by atoms with Gasteiger partial charge in [0.2, 0.25) is 11.8 Å². The van der Waals surface area contributed by atoms with E-state index in [4.69, 9.17) is 5.84 Å². The second-order valence-corrected chi connectivity index (χ2v) is 6.02. The normalized spacial score (nSPS) is 32.5. The number of nitrogens with zero attached hydrogens (tertiary/aromatic N) is 2. The van der Waals surface area contributed by atoms with E-state index in [0.29, 0.717) is 18.8 Å². The maximum absolute atomic E-state index is 11.8. The Kier molecular flexibility index (Phi) is 3.84. The zero-order chi connectivity index (χ0) is 13.3. The average molecular weight is 272 g/mol. The second-order valence-electron chi connectivity index (χ2n) is 4.95. The van der Waals surface area contributed by atoms with E-state index in [2.05, 4.69) is 24.2 Å². The van der Waals surface area contributed by atoms with E-state index in [0.717, 1.165) is 13.0 Å². The molecular weight excluding hydrogens is 252 g/mol. The summed E-state index contributed by atoms with van der Waals surface area (Å²) >= 11 is 1.68. The van der Waals surface area contributed by atoms with Crippen molar-refractivity contribution < 1.29 is 9.59 Å². The van der Waals surface area contributed by atoms with Crippen molar-refractivity contribution in [3.8, 4) is 0 Å². The molecule has 0 aromatic carbocycles. The van der Waals surface area contributed by atoms with Crippen LogP contribution < -0.4 is 11.3 Å². The molecule has 2 fully saturated rings. The number of nitrogens with one attached hydrogen (secondary N) is 1. The van der Waals surface area contributed by atoms with E-state index in [1.54, 1.807) is 11.8 Å². The van der Waals surface area contributed by atoms with E-state index in [1.807, 2.05) is 4.90 Å².